The predicted octanol–water partition coefficient (Wildman–Crippen LogP) is 3.92. The van der Waals surface area contributed by atoms with E-state index in [9.17, 15) is 4.21 Å². The quantitative estimate of drug-likeness (QED) is 0.730. The Balaban J connectivity index is 1.98. The average molecular weight is 350 g/mol. The molecule has 1 aliphatic rings. The summed E-state index contributed by atoms with van der Waals surface area (Å²) in [6.45, 7) is 6.51. The van der Waals surface area contributed by atoms with E-state index in [4.69, 9.17) is 19.5 Å². The van der Waals surface area contributed by atoms with Gasteiger partial charge in [-0.25, -0.2) is 0 Å². The number of rotatable bonds is 6. The maximum Gasteiger partial charge on any atom is 0.305 e. The third-order valence-electron chi connectivity index (χ3n) is 4.09. The van der Waals surface area contributed by atoms with Gasteiger partial charge in [0.05, 0.1) is 0 Å². The van der Waals surface area contributed by atoms with Crippen LogP contribution in [0.5, 0.6) is 5.75 Å². The summed E-state index contributed by atoms with van der Waals surface area (Å²) in [6.07, 6.45) is 8.49. The lowest BCUT2D eigenvalue weighted by Gasteiger charge is -2.30. The van der Waals surface area contributed by atoms with Crippen molar-refractivity contribution < 1.29 is 17.3 Å². The molecule has 0 spiro atoms. The van der Waals surface area contributed by atoms with Gasteiger partial charge in [0.1, 0.15) is 24.6 Å². The van der Waals surface area contributed by atoms with Crippen molar-refractivity contribution in [3.63, 3.8) is 0 Å². The predicted molar refractivity (Wildman–Crippen MR) is 95.8 cm³/mol. The van der Waals surface area contributed by atoms with Crippen LogP contribution in [0.15, 0.2) is 24.3 Å². The molecule has 0 aromatic heterocycles. The first-order valence-electron chi connectivity index (χ1n) is 8.33. The molecule has 5 heteroatoms. The van der Waals surface area contributed by atoms with Crippen LogP contribution in [0.4, 0.5) is 0 Å². The van der Waals surface area contributed by atoms with Crippen molar-refractivity contribution in [3.8, 4) is 18.1 Å². The van der Waals surface area contributed by atoms with E-state index in [1.165, 1.54) is 5.56 Å². The number of ether oxygens (including phenoxy) is 1. The SMILES string of the molecule is C#CCO[S@](=O)O[C@@H]1CCCC[C@@H]1Oc1ccc(C(C)(C)C)cc1. The molecule has 1 aromatic carbocycles. The van der Waals surface area contributed by atoms with Crippen LogP contribution in [0.1, 0.15) is 52.0 Å². The minimum Gasteiger partial charge on any atom is -0.488 e. The smallest absolute Gasteiger partial charge is 0.305 e. The highest BCUT2D eigenvalue weighted by Crippen LogP contribution is 2.29. The zero-order chi connectivity index (χ0) is 17.6. The zero-order valence-corrected chi connectivity index (χ0v) is 15.4. The molecule has 24 heavy (non-hydrogen) atoms. The van der Waals surface area contributed by atoms with Crippen molar-refractivity contribution in [2.75, 3.05) is 6.61 Å². The summed E-state index contributed by atoms with van der Waals surface area (Å²) in [5.41, 5.74) is 1.37. The van der Waals surface area contributed by atoms with Crippen molar-refractivity contribution >= 4 is 11.4 Å². The molecule has 0 amide bonds. The Kier molecular flexibility index (Phi) is 6.85. The van der Waals surface area contributed by atoms with E-state index in [-0.39, 0.29) is 24.2 Å². The van der Waals surface area contributed by atoms with Gasteiger partial charge in [-0.1, -0.05) is 45.2 Å². The maximum absolute atomic E-state index is 11.7. The largest absolute Gasteiger partial charge is 0.488 e. The van der Waals surface area contributed by atoms with Crippen LogP contribution in [0, 0.1) is 12.3 Å². The molecule has 1 saturated carbocycles. The van der Waals surface area contributed by atoms with Crippen LogP contribution < -0.4 is 4.74 Å². The third kappa shape index (κ3) is 5.62. The molecule has 4 nitrogen and oxygen atoms in total. The molecular formula is C19H26O4S. The van der Waals surface area contributed by atoms with Crippen LogP contribution >= 0.6 is 0 Å². The third-order valence-corrected chi connectivity index (χ3v) is 4.81. The first kappa shape index (κ1) is 19.0. The fraction of sp³-hybridized carbons (Fsp3) is 0.579. The standard InChI is InChI=1S/C19H26O4S/c1-5-14-21-24(20)23-18-9-7-6-8-17(18)22-16-12-10-15(11-13-16)19(2,3)4/h1,10-13,17-18H,6-9,14H2,2-4H3/t17-,18+,24-/m0/s1. The van der Waals surface area contributed by atoms with Gasteiger partial charge in [-0.2, -0.15) is 4.21 Å². The van der Waals surface area contributed by atoms with E-state index in [1.54, 1.807) is 0 Å². The topological polar surface area (TPSA) is 44.8 Å². The van der Waals surface area contributed by atoms with E-state index < -0.39 is 11.4 Å². The van der Waals surface area contributed by atoms with E-state index in [1.807, 2.05) is 12.1 Å². The molecule has 1 aliphatic carbocycles. The van der Waals surface area contributed by atoms with E-state index in [0.717, 1.165) is 31.4 Å². The molecule has 0 unspecified atom stereocenters. The summed E-state index contributed by atoms with van der Waals surface area (Å²) in [5.74, 6) is 3.08. The average Bonchev–Trinajstić information content (AvgIpc) is 2.54. The Hall–Kier alpha value is -1.35. The summed E-state index contributed by atoms with van der Waals surface area (Å²) < 4.78 is 28.2. The molecule has 0 heterocycles. The lowest BCUT2D eigenvalue weighted by molar-refractivity contribution is 0.0239. The van der Waals surface area contributed by atoms with Crippen LogP contribution in [0.2, 0.25) is 0 Å². The van der Waals surface area contributed by atoms with Crippen molar-refractivity contribution in [3.05, 3.63) is 29.8 Å². The van der Waals surface area contributed by atoms with Gasteiger partial charge in [0, 0.05) is 0 Å². The molecule has 0 bridgehead atoms. The molecule has 0 N–H and O–H groups in total. The summed E-state index contributed by atoms with van der Waals surface area (Å²) in [4.78, 5) is 0. The zero-order valence-electron chi connectivity index (χ0n) is 14.6. The highest BCUT2D eigenvalue weighted by Gasteiger charge is 2.30. The van der Waals surface area contributed by atoms with Gasteiger partial charge in [-0.05, 0) is 42.4 Å². The number of hydrogen-bond donors (Lipinski definition) is 0. The normalized spacial score (nSPS) is 22.6. The Labute approximate surface area is 147 Å². The van der Waals surface area contributed by atoms with Gasteiger partial charge in [0.2, 0.25) is 0 Å². The molecule has 1 aromatic rings. The molecule has 1 fully saturated rings. The minimum absolute atomic E-state index is 0.0287. The lowest BCUT2D eigenvalue weighted by atomic mass is 9.87. The first-order chi connectivity index (χ1) is 11.4. The minimum atomic E-state index is -1.83. The molecular weight excluding hydrogens is 324 g/mol. The summed E-state index contributed by atoms with van der Waals surface area (Å²) in [6, 6.07) is 8.14. The van der Waals surface area contributed by atoms with Gasteiger partial charge < -0.3 is 4.74 Å². The Morgan fingerprint density at radius 3 is 2.38 bits per heavy atom. The second-order valence-corrected chi connectivity index (χ2v) is 7.86. The molecule has 132 valence electrons. The Morgan fingerprint density at radius 2 is 1.79 bits per heavy atom. The van der Waals surface area contributed by atoms with E-state index in [0.29, 0.717) is 0 Å². The van der Waals surface area contributed by atoms with Crippen molar-refractivity contribution in [2.45, 2.75) is 64.1 Å². The van der Waals surface area contributed by atoms with Gasteiger partial charge >= 0.3 is 11.4 Å². The van der Waals surface area contributed by atoms with Crippen LogP contribution in [-0.2, 0) is 25.1 Å². The highest BCUT2D eigenvalue weighted by atomic mass is 32.2. The molecule has 2 rings (SSSR count). The van der Waals surface area contributed by atoms with Crippen molar-refractivity contribution in [1.29, 1.82) is 0 Å². The molecule has 0 aliphatic heterocycles. The monoisotopic (exact) mass is 350 g/mol. The fourth-order valence-electron chi connectivity index (χ4n) is 2.73. The van der Waals surface area contributed by atoms with Crippen molar-refractivity contribution in [1.82, 2.24) is 0 Å². The van der Waals surface area contributed by atoms with Gasteiger partial charge in [-0.15, -0.1) is 6.42 Å². The Morgan fingerprint density at radius 1 is 1.17 bits per heavy atom. The first-order valence-corrected chi connectivity index (χ1v) is 9.33. The van der Waals surface area contributed by atoms with Gasteiger partial charge in [-0.3, -0.25) is 8.37 Å². The maximum atomic E-state index is 11.7. The Bertz CT molecular complexity index is 583. The number of hydrogen-bond acceptors (Lipinski definition) is 4. The van der Waals surface area contributed by atoms with Crippen LogP contribution in [0.3, 0.4) is 0 Å². The highest BCUT2D eigenvalue weighted by molar-refractivity contribution is 7.75. The summed E-state index contributed by atoms with van der Waals surface area (Å²) >= 11 is -1.83. The number of terminal acetylenes is 1. The summed E-state index contributed by atoms with van der Waals surface area (Å²) in [7, 11) is 0. The molecule has 0 saturated heterocycles. The van der Waals surface area contributed by atoms with Gasteiger partial charge in [0.15, 0.2) is 0 Å². The second kappa shape index (κ2) is 8.66. The summed E-state index contributed by atoms with van der Waals surface area (Å²) in [5, 5.41) is 0. The van der Waals surface area contributed by atoms with E-state index in [2.05, 4.69) is 38.8 Å². The molecule has 3 atom stereocenters. The van der Waals surface area contributed by atoms with Crippen LogP contribution in [0.25, 0.3) is 0 Å². The number of benzene rings is 1. The second-order valence-electron chi connectivity index (χ2n) is 7.02. The van der Waals surface area contributed by atoms with Crippen LogP contribution in [-0.4, -0.2) is 23.0 Å². The molecule has 0 radical (unpaired) electrons. The van der Waals surface area contributed by atoms with E-state index >= 15 is 0 Å². The fourth-order valence-corrected chi connectivity index (χ4v) is 3.37. The lowest BCUT2D eigenvalue weighted by Crippen LogP contribution is -2.37. The van der Waals surface area contributed by atoms with Crippen molar-refractivity contribution in [2.24, 2.45) is 0 Å². The van der Waals surface area contributed by atoms with Gasteiger partial charge in [0.25, 0.3) is 0 Å².